The first-order chi connectivity index (χ1) is 9.13. The molecule has 1 aromatic rings. The summed E-state index contributed by atoms with van der Waals surface area (Å²) in [4.78, 5) is 1.84. The lowest BCUT2D eigenvalue weighted by Gasteiger charge is -2.32. The van der Waals surface area contributed by atoms with E-state index >= 15 is 0 Å². The first-order valence-electron chi connectivity index (χ1n) is 6.52. The number of alkyl halides is 2. The summed E-state index contributed by atoms with van der Waals surface area (Å²) in [6.07, 6.45) is -0.201. The molecule has 0 bridgehead atoms. The average molecular weight is 381 g/mol. The molecule has 0 unspecified atom stereocenters. The number of ether oxygens (including phenoxy) is 1. The second-order valence-corrected chi connectivity index (χ2v) is 6.17. The molecular formula is C14H18F2INO. The quantitative estimate of drug-likeness (QED) is 0.723. The van der Waals surface area contributed by atoms with Gasteiger partial charge in [0.1, 0.15) is 5.75 Å². The van der Waals surface area contributed by atoms with Gasteiger partial charge in [-0.05, 0) is 66.2 Å². The van der Waals surface area contributed by atoms with E-state index in [1.807, 2.05) is 29.2 Å². The minimum Gasteiger partial charge on any atom is -0.493 e. The zero-order valence-corrected chi connectivity index (χ0v) is 12.9. The molecule has 0 radical (unpaired) electrons. The van der Waals surface area contributed by atoms with Crippen LogP contribution in [0.2, 0.25) is 0 Å². The van der Waals surface area contributed by atoms with E-state index in [1.54, 1.807) is 0 Å². The molecule has 0 N–H and O–H groups in total. The average Bonchev–Trinajstić information content (AvgIpc) is 2.38. The summed E-state index contributed by atoms with van der Waals surface area (Å²) >= 11 is 2.25. The van der Waals surface area contributed by atoms with Gasteiger partial charge in [0.25, 0.3) is 6.43 Å². The highest BCUT2D eigenvalue weighted by molar-refractivity contribution is 14.1. The van der Waals surface area contributed by atoms with E-state index in [0.717, 1.165) is 25.1 Å². The summed E-state index contributed by atoms with van der Waals surface area (Å²) in [7, 11) is 0. The van der Waals surface area contributed by atoms with Gasteiger partial charge in [-0.3, -0.25) is 4.90 Å². The lowest BCUT2D eigenvalue weighted by Crippen LogP contribution is -2.40. The maximum atomic E-state index is 12.4. The van der Waals surface area contributed by atoms with Gasteiger partial charge < -0.3 is 4.74 Å². The first-order valence-corrected chi connectivity index (χ1v) is 7.60. The van der Waals surface area contributed by atoms with Gasteiger partial charge >= 0.3 is 0 Å². The molecule has 1 aliphatic heterocycles. The number of nitrogens with zero attached hydrogens (tertiary/aromatic N) is 1. The van der Waals surface area contributed by atoms with Crippen molar-refractivity contribution in [1.29, 1.82) is 0 Å². The molecule has 0 spiro atoms. The Hall–Kier alpha value is -0.430. The molecule has 0 aromatic heterocycles. The van der Waals surface area contributed by atoms with Gasteiger partial charge in [-0.25, -0.2) is 8.78 Å². The van der Waals surface area contributed by atoms with Gasteiger partial charge in [0.05, 0.1) is 13.2 Å². The number of benzene rings is 1. The normalized spacial score (nSPS) is 20.7. The largest absolute Gasteiger partial charge is 0.493 e. The predicted octanol–water partition coefficient (Wildman–Crippen LogP) is 3.65. The topological polar surface area (TPSA) is 12.5 Å². The predicted molar refractivity (Wildman–Crippen MR) is 79.8 cm³/mol. The second kappa shape index (κ2) is 7.38. The van der Waals surface area contributed by atoms with Gasteiger partial charge in [0, 0.05) is 16.0 Å². The zero-order chi connectivity index (χ0) is 13.7. The summed E-state index contributed by atoms with van der Waals surface area (Å²) in [6.45, 7) is 2.00. The molecule has 0 saturated carbocycles. The maximum Gasteiger partial charge on any atom is 0.251 e. The van der Waals surface area contributed by atoms with Crippen LogP contribution in [0.1, 0.15) is 12.8 Å². The Morgan fingerprint density at radius 1 is 1.32 bits per heavy atom. The van der Waals surface area contributed by atoms with Crippen molar-refractivity contribution in [2.75, 3.05) is 26.2 Å². The Bertz CT molecular complexity index is 386. The molecule has 0 aliphatic carbocycles. The maximum absolute atomic E-state index is 12.4. The summed E-state index contributed by atoms with van der Waals surface area (Å²) in [5.74, 6) is 1.21. The van der Waals surface area contributed by atoms with Crippen LogP contribution < -0.4 is 4.74 Å². The summed E-state index contributed by atoms with van der Waals surface area (Å²) in [5.41, 5.74) is 0. The molecule has 5 heteroatoms. The third kappa shape index (κ3) is 5.22. The number of likely N-dealkylation sites (tertiary alicyclic amines) is 1. The van der Waals surface area contributed by atoms with E-state index < -0.39 is 6.43 Å². The molecule has 2 rings (SSSR count). The minimum absolute atomic E-state index is 0.111. The highest BCUT2D eigenvalue weighted by Gasteiger charge is 2.22. The van der Waals surface area contributed by atoms with Crippen molar-refractivity contribution in [1.82, 2.24) is 4.90 Å². The smallest absolute Gasteiger partial charge is 0.251 e. The minimum atomic E-state index is -2.24. The number of hydrogen-bond donors (Lipinski definition) is 0. The van der Waals surface area contributed by atoms with Gasteiger partial charge in [0.15, 0.2) is 0 Å². The molecule has 1 saturated heterocycles. The summed E-state index contributed by atoms with van der Waals surface area (Å²) < 4.78 is 31.6. The van der Waals surface area contributed by atoms with Crippen LogP contribution in [0.5, 0.6) is 5.75 Å². The Morgan fingerprint density at radius 3 is 2.74 bits per heavy atom. The van der Waals surface area contributed by atoms with E-state index in [9.17, 15) is 8.78 Å². The Balaban J connectivity index is 1.77. The number of piperidine rings is 1. The SMILES string of the molecule is FC(F)CN1CCC[C@H](COc2ccc(I)cc2)C1. The highest BCUT2D eigenvalue weighted by Crippen LogP contribution is 2.20. The van der Waals surface area contributed by atoms with Gasteiger partial charge in [0.2, 0.25) is 0 Å². The van der Waals surface area contributed by atoms with Crippen LogP contribution in [0.25, 0.3) is 0 Å². The van der Waals surface area contributed by atoms with Crippen LogP contribution in [-0.4, -0.2) is 37.6 Å². The molecule has 2 nitrogen and oxygen atoms in total. The van der Waals surface area contributed by atoms with E-state index in [-0.39, 0.29) is 6.54 Å². The third-order valence-corrected chi connectivity index (χ3v) is 4.02. The molecule has 1 heterocycles. The Kier molecular flexibility index (Phi) is 5.81. The number of rotatable bonds is 5. The fourth-order valence-corrected chi connectivity index (χ4v) is 2.75. The van der Waals surface area contributed by atoms with Crippen LogP contribution in [-0.2, 0) is 0 Å². The lowest BCUT2D eigenvalue weighted by molar-refractivity contribution is 0.0552. The van der Waals surface area contributed by atoms with Gasteiger partial charge in [-0.2, -0.15) is 0 Å². The molecule has 1 fully saturated rings. The van der Waals surface area contributed by atoms with Crippen LogP contribution in [0.15, 0.2) is 24.3 Å². The molecule has 1 atom stereocenters. The van der Waals surface area contributed by atoms with Crippen molar-refractivity contribution in [3.8, 4) is 5.75 Å². The van der Waals surface area contributed by atoms with Crippen molar-refractivity contribution in [2.45, 2.75) is 19.3 Å². The number of halogens is 3. The van der Waals surface area contributed by atoms with Gasteiger partial charge in [-0.15, -0.1) is 0 Å². The molecule has 1 aromatic carbocycles. The van der Waals surface area contributed by atoms with Crippen LogP contribution in [0.3, 0.4) is 0 Å². The van der Waals surface area contributed by atoms with Crippen LogP contribution in [0, 0.1) is 9.49 Å². The van der Waals surface area contributed by atoms with E-state index in [2.05, 4.69) is 22.6 Å². The standard InChI is InChI=1S/C14H18F2INO/c15-14(16)9-18-7-1-2-11(8-18)10-19-13-5-3-12(17)4-6-13/h3-6,11,14H,1-2,7-10H2/t11-/m0/s1. The molecule has 106 valence electrons. The Morgan fingerprint density at radius 2 is 2.05 bits per heavy atom. The van der Waals surface area contributed by atoms with Crippen molar-refractivity contribution >= 4 is 22.6 Å². The molecule has 1 aliphatic rings. The van der Waals surface area contributed by atoms with Gasteiger partial charge in [-0.1, -0.05) is 0 Å². The summed E-state index contributed by atoms with van der Waals surface area (Å²) in [5, 5.41) is 0. The fourth-order valence-electron chi connectivity index (χ4n) is 2.39. The van der Waals surface area contributed by atoms with E-state index in [4.69, 9.17) is 4.74 Å². The molecular weight excluding hydrogens is 363 g/mol. The van der Waals surface area contributed by atoms with Crippen molar-refractivity contribution in [3.63, 3.8) is 0 Å². The molecule has 0 amide bonds. The van der Waals surface area contributed by atoms with E-state index in [1.165, 1.54) is 3.57 Å². The molecule has 19 heavy (non-hydrogen) atoms. The Labute approximate surface area is 126 Å². The van der Waals surface area contributed by atoms with Crippen molar-refractivity contribution < 1.29 is 13.5 Å². The second-order valence-electron chi connectivity index (χ2n) is 4.92. The van der Waals surface area contributed by atoms with Crippen molar-refractivity contribution in [3.05, 3.63) is 27.8 Å². The lowest BCUT2D eigenvalue weighted by atomic mass is 9.99. The van der Waals surface area contributed by atoms with Crippen LogP contribution in [0.4, 0.5) is 8.78 Å². The monoisotopic (exact) mass is 381 g/mol. The van der Waals surface area contributed by atoms with E-state index in [0.29, 0.717) is 19.1 Å². The van der Waals surface area contributed by atoms with Crippen molar-refractivity contribution in [2.24, 2.45) is 5.92 Å². The summed E-state index contributed by atoms with van der Waals surface area (Å²) in [6, 6.07) is 7.89. The zero-order valence-electron chi connectivity index (χ0n) is 10.7. The van der Waals surface area contributed by atoms with Crippen LogP contribution >= 0.6 is 22.6 Å². The third-order valence-electron chi connectivity index (χ3n) is 3.30. The number of hydrogen-bond acceptors (Lipinski definition) is 2. The highest BCUT2D eigenvalue weighted by atomic mass is 127. The first kappa shape index (κ1) is 15.0. The fraction of sp³-hybridized carbons (Fsp3) is 0.571.